The van der Waals surface area contributed by atoms with Crippen molar-refractivity contribution in [3.05, 3.63) is 17.0 Å². The van der Waals surface area contributed by atoms with E-state index in [0.717, 1.165) is 18.5 Å². The molecule has 1 aromatic rings. The van der Waals surface area contributed by atoms with Gasteiger partial charge in [0.15, 0.2) is 0 Å². The molecule has 2 aliphatic rings. The first-order valence-corrected chi connectivity index (χ1v) is 9.71. The lowest BCUT2D eigenvalue weighted by Crippen LogP contribution is -2.28. The van der Waals surface area contributed by atoms with Gasteiger partial charge in [0.25, 0.3) is 10.0 Å². The quantitative estimate of drug-likeness (QED) is 0.826. The van der Waals surface area contributed by atoms with E-state index in [1.165, 1.54) is 24.2 Å². The van der Waals surface area contributed by atoms with Crippen LogP contribution in [-0.2, 0) is 21.3 Å². The third kappa shape index (κ3) is 3.65. The van der Waals surface area contributed by atoms with E-state index < -0.39 is 10.0 Å². The molecule has 1 aliphatic heterocycles. The van der Waals surface area contributed by atoms with E-state index in [-0.39, 0.29) is 0 Å². The monoisotopic (exact) mass is 330 g/mol. The van der Waals surface area contributed by atoms with Gasteiger partial charge >= 0.3 is 0 Å². The van der Waals surface area contributed by atoms with Gasteiger partial charge in [0.05, 0.1) is 6.61 Å². The average molecular weight is 330 g/mol. The highest BCUT2D eigenvalue weighted by Gasteiger charge is 2.33. The SMILES string of the molecule is COCC1CCN(S(=O)(=O)c2cc(CNC3CC3)cs2)C1. The Labute approximate surface area is 130 Å². The molecule has 0 amide bonds. The summed E-state index contributed by atoms with van der Waals surface area (Å²) in [4.78, 5) is 0. The number of ether oxygens (including phenoxy) is 1. The summed E-state index contributed by atoms with van der Waals surface area (Å²) in [7, 11) is -1.66. The topological polar surface area (TPSA) is 58.6 Å². The molecule has 1 saturated heterocycles. The van der Waals surface area contributed by atoms with Gasteiger partial charge in [-0.1, -0.05) is 0 Å². The third-order valence-electron chi connectivity index (χ3n) is 4.05. The predicted octanol–water partition coefficient (Wildman–Crippen LogP) is 1.66. The second kappa shape index (κ2) is 6.34. The molecule has 0 radical (unpaired) electrons. The fourth-order valence-corrected chi connectivity index (χ4v) is 5.54. The number of sulfonamides is 1. The summed E-state index contributed by atoms with van der Waals surface area (Å²) in [5, 5.41) is 5.36. The van der Waals surface area contributed by atoms with Crippen molar-refractivity contribution in [1.29, 1.82) is 0 Å². The van der Waals surface area contributed by atoms with Crippen molar-refractivity contribution in [2.24, 2.45) is 5.92 Å². The number of hydrogen-bond acceptors (Lipinski definition) is 5. The van der Waals surface area contributed by atoms with Gasteiger partial charge in [-0.25, -0.2) is 8.42 Å². The van der Waals surface area contributed by atoms with Gasteiger partial charge in [0.2, 0.25) is 0 Å². The van der Waals surface area contributed by atoms with E-state index in [1.807, 2.05) is 11.4 Å². The summed E-state index contributed by atoms with van der Waals surface area (Å²) >= 11 is 1.33. The zero-order valence-electron chi connectivity index (χ0n) is 12.2. The molecule has 1 aliphatic carbocycles. The third-order valence-corrected chi connectivity index (χ3v) is 7.38. The highest BCUT2D eigenvalue weighted by Crippen LogP contribution is 2.29. The maximum absolute atomic E-state index is 12.6. The minimum atomic E-state index is -3.32. The molecule has 3 rings (SSSR count). The molecule has 1 saturated carbocycles. The molecule has 2 fully saturated rings. The predicted molar refractivity (Wildman–Crippen MR) is 82.9 cm³/mol. The molecule has 0 aromatic carbocycles. The van der Waals surface area contributed by atoms with Crippen molar-refractivity contribution in [2.45, 2.75) is 36.1 Å². The van der Waals surface area contributed by atoms with Gasteiger partial charge < -0.3 is 10.1 Å². The second-order valence-corrected chi connectivity index (χ2v) is 8.98. The molecule has 21 heavy (non-hydrogen) atoms. The Balaban J connectivity index is 1.64. The van der Waals surface area contributed by atoms with E-state index >= 15 is 0 Å². The molecule has 118 valence electrons. The van der Waals surface area contributed by atoms with Crippen LogP contribution in [0.3, 0.4) is 0 Å². The van der Waals surface area contributed by atoms with Crippen LogP contribution in [0.15, 0.2) is 15.7 Å². The molecular weight excluding hydrogens is 308 g/mol. The van der Waals surface area contributed by atoms with E-state index in [1.54, 1.807) is 11.4 Å². The van der Waals surface area contributed by atoms with Gasteiger partial charge in [-0.3, -0.25) is 0 Å². The van der Waals surface area contributed by atoms with E-state index in [9.17, 15) is 8.42 Å². The van der Waals surface area contributed by atoms with Crippen LogP contribution in [0.4, 0.5) is 0 Å². The Morgan fingerprint density at radius 1 is 1.43 bits per heavy atom. The molecule has 5 nitrogen and oxygen atoms in total. The summed E-state index contributed by atoms with van der Waals surface area (Å²) in [5.74, 6) is 0.320. The van der Waals surface area contributed by atoms with Crippen LogP contribution in [0.2, 0.25) is 0 Å². The van der Waals surface area contributed by atoms with Crippen molar-refractivity contribution in [3.63, 3.8) is 0 Å². The van der Waals surface area contributed by atoms with Crippen molar-refractivity contribution >= 4 is 21.4 Å². The van der Waals surface area contributed by atoms with Crippen LogP contribution in [0.1, 0.15) is 24.8 Å². The van der Waals surface area contributed by atoms with Gasteiger partial charge in [-0.05, 0) is 42.2 Å². The Kier molecular flexibility index (Phi) is 4.66. The van der Waals surface area contributed by atoms with Crippen molar-refractivity contribution in [3.8, 4) is 0 Å². The van der Waals surface area contributed by atoms with Gasteiger partial charge in [0, 0.05) is 32.8 Å². The summed E-state index contributed by atoms with van der Waals surface area (Å²) in [6, 6.07) is 2.46. The lowest BCUT2D eigenvalue weighted by atomic mass is 10.1. The minimum absolute atomic E-state index is 0.320. The lowest BCUT2D eigenvalue weighted by Gasteiger charge is -2.15. The maximum Gasteiger partial charge on any atom is 0.252 e. The lowest BCUT2D eigenvalue weighted by molar-refractivity contribution is 0.157. The van der Waals surface area contributed by atoms with Gasteiger partial charge in [-0.15, -0.1) is 11.3 Å². The first-order chi connectivity index (χ1) is 10.1. The fraction of sp³-hybridized carbons (Fsp3) is 0.714. The van der Waals surface area contributed by atoms with Crippen LogP contribution < -0.4 is 5.32 Å². The Morgan fingerprint density at radius 2 is 2.24 bits per heavy atom. The molecule has 0 spiro atoms. The Hall–Kier alpha value is -0.470. The normalized spacial score (nSPS) is 23.8. The van der Waals surface area contributed by atoms with Crippen molar-refractivity contribution in [2.75, 3.05) is 26.8 Å². The first kappa shape index (κ1) is 15.4. The molecule has 1 atom stereocenters. The van der Waals surface area contributed by atoms with Crippen LogP contribution >= 0.6 is 11.3 Å². The first-order valence-electron chi connectivity index (χ1n) is 7.39. The van der Waals surface area contributed by atoms with E-state index in [4.69, 9.17) is 4.74 Å². The number of nitrogens with zero attached hydrogens (tertiary/aromatic N) is 1. The number of rotatable bonds is 7. The molecule has 2 heterocycles. The standard InChI is InChI=1S/C14H22N2O3S2/c1-19-9-11-4-5-16(8-11)21(17,18)14-6-12(10-20-14)7-15-13-2-3-13/h6,10-11,13,15H,2-5,7-9H2,1H3. The Bertz CT molecular complexity index is 581. The van der Waals surface area contributed by atoms with Crippen LogP contribution in [0.25, 0.3) is 0 Å². The van der Waals surface area contributed by atoms with Crippen LogP contribution in [0, 0.1) is 5.92 Å². The molecule has 1 aromatic heterocycles. The minimum Gasteiger partial charge on any atom is -0.384 e. The smallest absolute Gasteiger partial charge is 0.252 e. The van der Waals surface area contributed by atoms with Crippen LogP contribution in [0.5, 0.6) is 0 Å². The fourth-order valence-electron chi connectivity index (χ4n) is 2.65. The van der Waals surface area contributed by atoms with E-state index in [2.05, 4.69) is 5.32 Å². The van der Waals surface area contributed by atoms with Crippen molar-refractivity contribution in [1.82, 2.24) is 9.62 Å². The molecular formula is C14H22N2O3S2. The number of nitrogens with one attached hydrogen (secondary N) is 1. The van der Waals surface area contributed by atoms with E-state index in [0.29, 0.717) is 35.9 Å². The van der Waals surface area contributed by atoms with Gasteiger partial charge in [-0.2, -0.15) is 4.31 Å². The zero-order chi connectivity index (χ0) is 14.9. The second-order valence-electron chi connectivity index (χ2n) is 5.90. The number of methoxy groups -OCH3 is 1. The molecule has 7 heteroatoms. The zero-order valence-corrected chi connectivity index (χ0v) is 13.9. The highest BCUT2D eigenvalue weighted by molar-refractivity contribution is 7.91. The van der Waals surface area contributed by atoms with Crippen LogP contribution in [-0.4, -0.2) is 45.6 Å². The number of thiophene rings is 1. The highest BCUT2D eigenvalue weighted by atomic mass is 32.2. The summed E-state index contributed by atoms with van der Waals surface area (Å²) in [5.41, 5.74) is 1.07. The number of hydrogen-bond donors (Lipinski definition) is 1. The largest absolute Gasteiger partial charge is 0.384 e. The molecule has 1 unspecified atom stereocenters. The summed E-state index contributed by atoms with van der Waals surface area (Å²) < 4.78 is 32.4. The average Bonchev–Trinajstić information content (AvgIpc) is 2.97. The Morgan fingerprint density at radius 3 is 2.95 bits per heavy atom. The molecule has 1 N–H and O–H groups in total. The summed E-state index contributed by atoms with van der Waals surface area (Å²) in [6.45, 7) is 2.57. The maximum atomic E-state index is 12.6. The van der Waals surface area contributed by atoms with Crippen molar-refractivity contribution < 1.29 is 13.2 Å². The molecule has 0 bridgehead atoms. The summed E-state index contributed by atoms with van der Waals surface area (Å²) in [6.07, 6.45) is 3.36. The van der Waals surface area contributed by atoms with Gasteiger partial charge in [0.1, 0.15) is 4.21 Å².